The summed E-state index contributed by atoms with van der Waals surface area (Å²) in [5.41, 5.74) is 1.50. The van der Waals surface area contributed by atoms with E-state index in [1.54, 1.807) is 32.0 Å². The van der Waals surface area contributed by atoms with Crippen molar-refractivity contribution in [3.63, 3.8) is 0 Å². The number of aliphatic imine (C=N–C) groups is 1. The van der Waals surface area contributed by atoms with E-state index in [1.807, 2.05) is 0 Å². The second kappa shape index (κ2) is 9.30. The number of rotatable bonds is 5. The van der Waals surface area contributed by atoms with Gasteiger partial charge >= 0.3 is 11.9 Å². The fraction of sp³-hybridized carbons (Fsp3) is 0.353. The maximum absolute atomic E-state index is 12.5. The van der Waals surface area contributed by atoms with Gasteiger partial charge in [0, 0.05) is 11.3 Å². The van der Waals surface area contributed by atoms with Gasteiger partial charge in [0.15, 0.2) is 5.17 Å². The van der Waals surface area contributed by atoms with Gasteiger partial charge in [-0.3, -0.25) is 4.79 Å². The van der Waals surface area contributed by atoms with Crippen molar-refractivity contribution in [2.45, 2.75) is 19.9 Å². The first-order valence-corrected chi connectivity index (χ1v) is 9.49. The Morgan fingerprint density at radius 2 is 2.08 bits per heavy atom. The van der Waals surface area contributed by atoms with Gasteiger partial charge in [0.25, 0.3) is 0 Å². The van der Waals surface area contributed by atoms with Crippen molar-refractivity contribution >= 4 is 52.1 Å². The number of hydrogen-bond donors (Lipinski definition) is 1. The minimum absolute atomic E-state index is 0.0837. The quantitative estimate of drug-likeness (QED) is 0.736. The van der Waals surface area contributed by atoms with E-state index in [2.05, 4.69) is 15.0 Å². The molecule has 26 heavy (non-hydrogen) atoms. The molecule has 0 amide bonds. The highest BCUT2D eigenvalue weighted by Gasteiger charge is 2.32. The number of ether oxygens (including phenoxy) is 2. The number of benzene rings is 1. The number of nitrogens with one attached hydrogen (secondary N) is 1. The van der Waals surface area contributed by atoms with E-state index in [1.165, 1.54) is 18.9 Å². The maximum Gasteiger partial charge on any atom is 0.338 e. The molecule has 0 bridgehead atoms. The van der Waals surface area contributed by atoms with Crippen LogP contribution in [0, 0.1) is 0 Å². The monoisotopic (exact) mass is 416 g/mol. The van der Waals surface area contributed by atoms with Crippen LogP contribution in [0.25, 0.3) is 0 Å². The topological polar surface area (TPSA) is 77.0 Å². The molecule has 1 aromatic carbocycles. The zero-order valence-corrected chi connectivity index (χ0v) is 16.8. The van der Waals surface area contributed by atoms with E-state index in [0.29, 0.717) is 32.0 Å². The lowest BCUT2D eigenvalue weighted by Gasteiger charge is -2.26. The molecule has 1 aromatic rings. The highest BCUT2D eigenvalue weighted by atomic mass is 35.5. The number of halogens is 2. The van der Waals surface area contributed by atoms with Crippen LogP contribution in [-0.4, -0.2) is 36.6 Å². The van der Waals surface area contributed by atoms with Crippen LogP contribution in [0.15, 0.2) is 34.5 Å². The van der Waals surface area contributed by atoms with Gasteiger partial charge in [0.1, 0.15) is 6.04 Å². The lowest BCUT2D eigenvalue weighted by atomic mass is 9.96. The molecule has 9 heteroatoms. The summed E-state index contributed by atoms with van der Waals surface area (Å²) >= 11 is 13.6. The van der Waals surface area contributed by atoms with Crippen molar-refractivity contribution in [2.24, 2.45) is 4.99 Å². The van der Waals surface area contributed by atoms with E-state index in [-0.39, 0.29) is 18.3 Å². The SMILES string of the molecule is CCOC(=O)C1=C(C)NC(SCC(=O)OC)=N[C@H]1c1cccc(Cl)c1Cl. The van der Waals surface area contributed by atoms with Crippen LogP contribution in [0.2, 0.25) is 10.0 Å². The third-order valence-electron chi connectivity index (χ3n) is 3.54. The molecule has 0 saturated heterocycles. The zero-order valence-electron chi connectivity index (χ0n) is 14.5. The standard InChI is InChI=1S/C17H18Cl2N2O4S/c1-4-25-16(23)13-9(2)20-17(26-8-12(22)24-3)21-15(13)10-6-5-7-11(18)14(10)19/h5-7,15H,4,8H2,1-3H3,(H,20,21)/t15-/m0/s1. The van der Waals surface area contributed by atoms with Gasteiger partial charge in [-0.1, -0.05) is 47.1 Å². The van der Waals surface area contributed by atoms with Crippen LogP contribution < -0.4 is 5.32 Å². The zero-order chi connectivity index (χ0) is 19.3. The average Bonchev–Trinajstić information content (AvgIpc) is 2.61. The first-order valence-electron chi connectivity index (χ1n) is 7.75. The third-order valence-corrected chi connectivity index (χ3v) is 5.24. The van der Waals surface area contributed by atoms with Crippen molar-refractivity contribution in [3.8, 4) is 0 Å². The predicted molar refractivity (Wildman–Crippen MR) is 104 cm³/mol. The second-order valence-corrected chi connectivity index (χ2v) is 6.98. The molecule has 0 aromatic heterocycles. The number of nitrogens with zero attached hydrogens (tertiary/aromatic N) is 1. The average molecular weight is 417 g/mol. The fourth-order valence-electron chi connectivity index (χ4n) is 2.34. The Bertz CT molecular complexity index is 780. The molecule has 1 aliphatic rings. The highest BCUT2D eigenvalue weighted by molar-refractivity contribution is 8.14. The van der Waals surface area contributed by atoms with Crippen LogP contribution in [0.3, 0.4) is 0 Å². The number of thioether (sulfide) groups is 1. The number of allylic oxidation sites excluding steroid dienone is 1. The van der Waals surface area contributed by atoms with Gasteiger partial charge < -0.3 is 14.8 Å². The van der Waals surface area contributed by atoms with Crippen molar-refractivity contribution < 1.29 is 19.1 Å². The summed E-state index contributed by atoms with van der Waals surface area (Å²) in [4.78, 5) is 28.4. The minimum atomic E-state index is -0.693. The molecule has 0 unspecified atom stereocenters. The Labute approximate surface area is 165 Å². The Hall–Kier alpha value is -1.70. The number of amidine groups is 1. The van der Waals surface area contributed by atoms with E-state index in [0.717, 1.165) is 0 Å². The number of methoxy groups -OCH3 is 1. The molecule has 0 fully saturated rings. The molecule has 1 N–H and O–H groups in total. The second-order valence-electron chi connectivity index (χ2n) is 5.23. The summed E-state index contributed by atoms with van der Waals surface area (Å²) in [6.45, 7) is 3.71. The molecule has 2 rings (SSSR count). The van der Waals surface area contributed by atoms with Crippen LogP contribution in [0.5, 0.6) is 0 Å². The fourth-order valence-corrected chi connectivity index (χ4v) is 3.53. The van der Waals surface area contributed by atoms with E-state index >= 15 is 0 Å². The van der Waals surface area contributed by atoms with E-state index < -0.39 is 12.0 Å². The van der Waals surface area contributed by atoms with Crippen molar-refractivity contribution in [2.75, 3.05) is 19.5 Å². The lowest BCUT2D eigenvalue weighted by molar-refractivity contribution is -0.139. The van der Waals surface area contributed by atoms with E-state index in [4.69, 9.17) is 27.9 Å². The molecular formula is C17H18Cl2N2O4S. The Balaban J connectivity index is 2.44. The van der Waals surface area contributed by atoms with Crippen LogP contribution >= 0.6 is 35.0 Å². The summed E-state index contributed by atoms with van der Waals surface area (Å²) in [6, 6.07) is 4.45. The van der Waals surface area contributed by atoms with Gasteiger partial charge in [-0.05, 0) is 19.9 Å². The highest BCUT2D eigenvalue weighted by Crippen LogP contribution is 2.38. The van der Waals surface area contributed by atoms with Gasteiger partial charge in [0.05, 0.1) is 35.1 Å². The summed E-state index contributed by atoms with van der Waals surface area (Å²) in [7, 11) is 1.32. The number of carbonyl (C=O) groups excluding carboxylic acids is 2. The number of hydrogen-bond acceptors (Lipinski definition) is 7. The Morgan fingerprint density at radius 3 is 2.73 bits per heavy atom. The van der Waals surface area contributed by atoms with Crippen molar-refractivity contribution in [3.05, 3.63) is 45.1 Å². The molecule has 1 heterocycles. The minimum Gasteiger partial charge on any atom is -0.468 e. The van der Waals surface area contributed by atoms with Crippen LogP contribution in [0.1, 0.15) is 25.5 Å². The summed E-state index contributed by atoms with van der Waals surface area (Å²) in [5.74, 6) is -0.783. The van der Waals surface area contributed by atoms with Crippen molar-refractivity contribution in [1.82, 2.24) is 5.32 Å². The number of carbonyl (C=O) groups is 2. The number of esters is 2. The molecule has 6 nitrogen and oxygen atoms in total. The first-order chi connectivity index (χ1) is 12.4. The maximum atomic E-state index is 12.5. The molecule has 0 saturated carbocycles. The van der Waals surface area contributed by atoms with Gasteiger partial charge in [-0.25, -0.2) is 9.79 Å². The summed E-state index contributed by atoms with van der Waals surface area (Å²) < 4.78 is 9.80. The smallest absolute Gasteiger partial charge is 0.338 e. The largest absolute Gasteiger partial charge is 0.468 e. The molecule has 0 radical (unpaired) electrons. The van der Waals surface area contributed by atoms with Crippen LogP contribution in [-0.2, 0) is 19.1 Å². The molecular weight excluding hydrogens is 399 g/mol. The lowest BCUT2D eigenvalue weighted by Crippen LogP contribution is -2.31. The van der Waals surface area contributed by atoms with Gasteiger partial charge in [-0.15, -0.1) is 0 Å². The predicted octanol–water partition coefficient (Wildman–Crippen LogP) is 3.74. The Kier molecular flexibility index (Phi) is 7.37. The van der Waals surface area contributed by atoms with Crippen molar-refractivity contribution in [1.29, 1.82) is 0 Å². The van der Waals surface area contributed by atoms with Gasteiger partial charge in [-0.2, -0.15) is 0 Å². The summed E-state index contributed by atoms with van der Waals surface area (Å²) in [5, 5.41) is 4.18. The molecule has 0 spiro atoms. The first kappa shape index (κ1) is 20.6. The summed E-state index contributed by atoms with van der Waals surface area (Å²) in [6.07, 6.45) is 0. The normalized spacial score (nSPS) is 16.7. The molecule has 0 aliphatic carbocycles. The van der Waals surface area contributed by atoms with E-state index in [9.17, 15) is 9.59 Å². The molecule has 1 atom stereocenters. The Morgan fingerprint density at radius 1 is 1.35 bits per heavy atom. The molecule has 140 valence electrons. The van der Waals surface area contributed by atoms with Gasteiger partial charge in [0.2, 0.25) is 0 Å². The molecule has 1 aliphatic heterocycles. The van der Waals surface area contributed by atoms with Crippen LogP contribution in [0.4, 0.5) is 0 Å². The third kappa shape index (κ3) is 4.72.